The van der Waals surface area contributed by atoms with Crippen molar-refractivity contribution in [2.45, 2.75) is 58.7 Å². The van der Waals surface area contributed by atoms with Gasteiger partial charge in [-0.15, -0.1) is 0 Å². The minimum atomic E-state index is -1.18. The third-order valence-electron chi connectivity index (χ3n) is 5.09. The van der Waals surface area contributed by atoms with E-state index in [1.807, 2.05) is 44.2 Å². The van der Waals surface area contributed by atoms with Crippen LogP contribution in [-0.2, 0) is 25.6 Å². The molecule has 0 bridgehead atoms. The minimum absolute atomic E-state index is 0.206. The van der Waals surface area contributed by atoms with Crippen LogP contribution in [0, 0.1) is 11.8 Å². The van der Waals surface area contributed by atoms with Gasteiger partial charge >= 0.3 is 5.97 Å². The van der Waals surface area contributed by atoms with Gasteiger partial charge in [0.05, 0.1) is 6.04 Å². The number of hydrogen-bond donors (Lipinski definition) is 5. The highest BCUT2D eigenvalue weighted by Gasteiger charge is 2.32. The first kappa shape index (κ1) is 26.1. The maximum atomic E-state index is 13.0. The Hall–Kier alpha value is -2.94. The zero-order valence-electron chi connectivity index (χ0n) is 18.6. The molecule has 9 nitrogen and oxygen atoms in total. The Morgan fingerprint density at radius 2 is 1.52 bits per heavy atom. The van der Waals surface area contributed by atoms with Gasteiger partial charge in [0, 0.05) is 0 Å². The summed E-state index contributed by atoms with van der Waals surface area (Å²) in [7, 11) is 0. The number of carboxylic acid groups (broad SMARTS) is 1. The summed E-state index contributed by atoms with van der Waals surface area (Å²) < 4.78 is 0. The normalized spacial score (nSPS) is 14.8. The molecule has 4 unspecified atom stereocenters. The topological polar surface area (TPSA) is 151 Å². The van der Waals surface area contributed by atoms with E-state index in [1.165, 1.54) is 0 Å². The number of carbonyl (C=O) groups is 4. The molecule has 1 rings (SSSR count). The van der Waals surface area contributed by atoms with Crippen LogP contribution in [0.4, 0.5) is 0 Å². The monoisotopic (exact) mass is 434 g/mol. The van der Waals surface area contributed by atoms with E-state index in [4.69, 9.17) is 10.8 Å². The number of aliphatic carboxylic acids is 1. The van der Waals surface area contributed by atoms with Crippen molar-refractivity contribution in [1.82, 2.24) is 16.0 Å². The van der Waals surface area contributed by atoms with E-state index < -0.39 is 48.4 Å². The van der Waals surface area contributed by atoms with Crippen LogP contribution in [0.2, 0.25) is 0 Å². The molecule has 0 aromatic heterocycles. The third kappa shape index (κ3) is 8.75. The molecule has 0 aliphatic carbocycles. The van der Waals surface area contributed by atoms with Gasteiger partial charge in [-0.25, -0.2) is 0 Å². The summed E-state index contributed by atoms with van der Waals surface area (Å²) in [5.74, 6) is -3.24. The lowest BCUT2D eigenvalue weighted by molar-refractivity contribution is -0.139. The lowest BCUT2D eigenvalue weighted by Crippen LogP contribution is -2.59. The molecule has 0 radical (unpaired) electrons. The fourth-order valence-electron chi connectivity index (χ4n) is 2.97. The number of carboxylic acids is 1. The maximum absolute atomic E-state index is 13.0. The van der Waals surface area contributed by atoms with Gasteiger partial charge < -0.3 is 26.8 Å². The van der Waals surface area contributed by atoms with E-state index in [9.17, 15) is 19.2 Å². The SMILES string of the molecule is CCC(C)C(NC(=O)C(N)Cc1ccccc1)C(=O)NC(C(=O)NCC(=O)O)C(C)C. The van der Waals surface area contributed by atoms with Crippen LogP contribution in [0.3, 0.4) is 0 Å². The highest BCUT2D eigenvalue weighted by atomic mass is 16.4. The number of hydrogen-bond acceptors (Lipinski definition) is 5. The van der Waals surface area contributed by atoms with Crippen molar-refractivity contribution in [3.8, 4) is 0 Å². The molecule has 1 aromatic carbocycles. The predicted molar refractivity (Wildman–Crippen MR) is 117 cm³/mol. The quantitative estimate of drug-likeness (QED) is 0.322. The lowest BCUT2D eigenvalue weighted by atomic mass is 9.95. The molecule has 0 heterocycles. The fraction of sp³-hybridized carbons (Fsp3) is 0.545. The summed E-state index contributed by atoms with van der Waals surface area (Å²) in [6.45, 7) is 6.64. The van der Waals surface area contributed by atoms with Crippen LogP contribution in [-0.4, -0.2) is 53.5 Å². The number of amides is 3. The van der Waals surface area contributed by atoms with Crippen molar-refractivity contribution in [3.05, 3.63) is 35.9 Å². The molecular weight excluding hydrogens is 400 g/mol. The number of nitrogens with two attached hydrogens (primary N) is 1. The fourth-order valence-corrected chi connectivity index (χ4v) is 2.97. The van der Waals surface area contributed by atoms with Crippen molar-refractivity contribution < 1.29 is 24.3 Å². The Morgan fingerprint density at radius 3 is 2.03 bits per heavy atom. The molecule has 6 N–H and O–H groups in total. The Labute approximate surface area is 183 Å². The van der Waals surface area contributed by atoms with Crippen LogP contribution in [0.15, 0.2) is 30.3 Å². The van der Waals surface area contributed by atoms with E-state index in [2.05, 4.69) is 16.0 Å². The summed E-state index contributed by atoms with van der Waals surface area (Å²) in [6, 6.07) is 6.68. The lowest BCUT2D eigenvalue weighted by Gasteiger charge is -2.28. The first-order chi connectivity index (χ1) is 14.6. The Morgan fingerprint density at radius 1 is 0.935 bits per heavy atom. The van der Waals surface area contributed by atoms with E-state index in [1.54, 1.807) is 13.8 Å². The van der Waals surface area contributed by atoms with Crippen molar-refractivity contribution in [2.24, 2.45) is 17.6 Å². The summed E-state index contributed by atoms with van der Waals surface area (Å²) in [5.41, 5.74) is 6.95. The molecule has 9 heteroatoms. The van der Waals surface area contributed by atoms with Gasteiger partial charge in [0.25, 0.3) is 0 Å². The van der Waals surface area contributed by atoms with Crippen LogP contribution in [0.1, 0.15) is 39.7 Å². The molecule has 3 amide bonds. The van der Waals surface area contributed by atoms with Crippen molar-refractivity contribution in [3.63, 3.8) is 0 Å². The second-order valence-electron chi connectivity index (χ2n) is 8.01. The Balaban J connectivity index is 2.86. The Kier molecular flexibility index (Phi) is 10.7. The van der Waals surface area contributed by atoms with Crippen molar-refractivity contribution in [1.29, 1.82) is 0 Å². The average molecular weight is 435 g/mol. The van der Waals surface area contributed by atoms with E-state index in [-0.39, 0.29) is 11.8 Å². The first-order valence-electron chi connectivity index (χ1n) is 10.5. The van der Waals surface area contributed by atoms with Crippen LogP contribution < -0.4 is 21.7 Å². The minimum Gasteiger partial charge on any atom is -0.480 e. The van der Waals surface area contributed by atoms with Gasteiger partial charge in [-0.3, -0.25) is 19.2 Å². The molecule has 4 atom stereocenters. The number of rotatable bonds is 12. The second-order valence-corrected chi connectivity index (χ2v) is 8.01. The molecule has 31 heavy (non-hydrogen) atoms. The van der Waals surface area contributed by atoms with Gasteiger partial charge in [-0.1, -0.05) is 64.4 Å². The smallest absolute Gasteiger partial charge is 0.322 e. The third-order valence-corrected chi connectivity index (χ3v) is 5.09. The van der Waals surface area contributed by atoms with Crippen LogP contribution in [0.5, 0.6) is 0 Å². The van der Waals surface area contributed by atoms with E-state index >= 15 is 0 Å². The zero-order chi connectivity index (χ0) is 23.6. The average Bonchev–Trinajstić information content (AvgIpc) is 2.73. The highest BCUT2D eigenvalue weighted by molar-refractivity contribution is 5.94. The standard InChI is InChI=1S/C22H34N4O5/c1-5-14(4)19(26-20(29)16(23)11-15-9-7-6-8-10-15)22(31)25-18(13(2)3)21(30)24-12-17(27)28/h6-10,13-14,16,18-19H,5,11-12,23H2,1-4H3,(H,24,30)(H,25,31)(H,26,29)(H,27,28). The van der Waals surface area contributed by atoms with E-state index in [0.29, 0.717) is 12.8 Å². The molecule has 172 valence electrons. The van der Waals surface area contributed by atoms with Gasteiger partial charge in [-0.2, -0.15) is 0 Å². The van der Waals surface area contributed by atoms with E-state index in [0.717, 1.165) is 5.56 Å². The maximum Gasteiger partial charge on any atom is 0.322 e. The van der Waals surface area contributed by atoms with Crippen LogP contribution in [0.25, 0.3) is 0 Å². The molecule has 0 aliphatic heterocycles. The highest BCUT2D eigenvalue weighted by Crippen LogP contribution is 2.11. The molecule has 0 saturated carbocycles. The molecule has 0 saturated heterocycles. The van der Waals surface area contributed by atoms with Gasteiger partial charge in [0.1, 0.15) is 18.6 Å². The first-order valence-corrected chi connectivity index (χ1v) is 10.5. The zero-order valence-corrected chi connectivity index (χ0v) is 18.6. The second kappa shape index (κ2) is 12.7. The molecular formula is C22H34N4O5. The molecule has 0 aliphatic rings. The van der Waals surface area contributed by atoms with Crippen molar-refractivity contribution >= 4 is 23.7 Å². The van der Waals surface area contributed by atoms with Gasteiger partial charge in [0.2, 0.25) is 17.7 Å². The van der Waals surface area contributed by atoms with Crippen molar-refractivity contribution in [2.75, 3.05) is 6.54 Å². The summed E-state index contributed by atoms with van der Waals surface area (Å²) in [4.78, 5) is 48.6. The van der Waals surface area contributed by atoms with Gasteiger partial charge in [0.15, 0.2) is 0 Å². The predicted octanol–water partition coefficient (Wildman–Crippen LogP) is 0.429. The number of nitrogens with one attached hydrogen (secondary N) is 3. The Bertz CT molecular complexity index is 754. The summed E-state index contributed by atoms with van der Waals surface area (Å²) >= 11 is 0. The number of benzene rings is 1. The summed E-state index contributed by atoms with van der Waals surface area (Å²) in [5, 5.41) is 16.4. The largest absolute Gasteiger partial charge is 0.480 e. The molecule has 0 spiro atoms. The van der Waals surface area contributed by atoms with Gasteiger partial charge in [-0.05, 0) is 23.8 Å². The molecule has 1 aromatic rings. The van der Waals surface area contributed by atoms with Crippen LogP contribution >= 0.6 is 0 Å². The number of carbonyl (C=O) groups excluding carboxylic acids is 3. The summed E-state index contributed by atoms with van der Waals surface area (Å²) in [6.07, 6.45) is 0.942. The molecule has 0 fully saturated rings.